The van der Waals surface area contributed by atoms with Crippen LogP contribution in [0.5, 0.6) is 0 Å². The Morgan fingerprint density at radius 3 is 2.48 bits per heavy atom. The van der Waals surface area contributed by atoms with Gasteiger partial charge in [0.05, 0.1) is 12.7 Å². The molecular formula is C24H33FO2. The molecule has 3 aliphatic rings. The molecule has 27 heavy (non-hydrogen) atoms. The van der Waals surface area contributed by atoms with E-state index in [1.165, 1.54) is 58.1 Å². The number of fused-ring (bicyclic) bond motifs is 2. The average Bonchev–Trinajstić information content (AvgIpc) is 2.72. The van der Waals surface area contributed by atoms with Crippen LogP contribution in [0.1, 0.15) is 79.8 Å². The van der Waals surface area contributed by atoms with E-state index in [1.807, 2.05) is 6.07 Å². The van der Waals surface area contributed by atoms with Gasteiger partial charge >= 0.3 is 5.97 Å². The van der Waals surface area contributed by atoms with Gasteiger partial charge in [0.1, 0.15) is 5.82 Å². The summed E-state index contributed by atoms with van der Waals surface area (Å²) in [4.78, 5) is 11.8. The SMILES string of the molecule is CCC1CCC2CC(C3CCc4cc(C(=O)OC)cc(F)c4C3)CCC2C1. The first-order chi connectivity index (χ1) is 13.1. The van der Waals surface area contributed by atoms with Gasteiger partial charge in [0.2, 0.25) is 0 Å². The van der Waals surface area contributed by atoms with E-state index in [0.29, 0.717) is 11.5 Å². The third-order valence-corrected chi connectivity index (χ3v) is 7.97. The predicted molar refractivity (Wildman–Crippen MR) is 105 cm³/mol. The van der Waals surface area contributed by atoms with Gasteiger partial charge in [-0.05, 0) is 104 Å². The number of methoxy groups -OCH3 is 1. The number of ether oxygens (including phenoxy) is 1. The van der Waals surface area contributed by atoms with Crippen LogP contribution in [0, 0.1) is 35.4 Å². The first kappa shape index (κ1) is 19.0. The van der Waals surface area contributed by atoms with E-state index in [9.17, 15) is 9.18 Å². The lowest BCUT2D eigenvalue weighted by Gasteiger charge is -2.45. The van der Waals surface area contributed by atoms with Gasteiger partial charge in [-0.15, -0.1) is 0 Å². The lowest BCUT2D eigenvalue weighted by Crippen LogP contribution is -2.35. The largest absolute Gasteiger partial charge is 0.465 e. The molecule has 0 amide bonds. The predicted octanol–water partition coefficient (Wildman–Crippen LogP) is 5.96. The van der Waals surface area contributed by atoms with Gasteiger partial charge in [0.25, 0.3) is 0 Å². The van der Waals surface area contributed by atoms with E-state index in [-0.39, 0.29) is 5.82 Å². The Bertz CT molecular complexity index is 698. The van der Waals surface area contributed by atoms with Gasteiger partial charge in [-0.1, -0.05) is 19.8 Å². The van der Waals surface area contributed by atoms with E-state index in [1.54, 1.807) is 0 Å². The number of halogens is 1. The number of carbonyl (C=O) groups is 1. The van der Waals surface area contributed by atoms with Gasteiger partial charge in [-0.25, -0.2) is 9.18 Å². The van der Waals surface area contributed by atoms with E-state index in [0.717, 1.165) is 54.1 Å². The van der Waals surface area contributed by atoms with Crippen LogP contribution in [0.25, 0.3) is 0 Å². The van der Waals surface area contributed by atoms with E-state index in [2.05, 4.69) is 6.92 Å². The minimum Gasteiger partial charge on any atom is -0.465 e. The number of hydrogen-bond donors (Lipinski definition) is 0. The maximum Gasteiger partial charge on any atom is 0.337 e. The van der Waals surface area contributed by atoms with Gasteiger partial charge in [-0.3, -0.25) is 0 Å². The summed E-state index contributed by atoms with van der Waals surface area (Å²) >= 11 is 0. The van der Waals surface area contributed by atoms with Gasteiger partial charge in [-0.2, -0.15) is 0 Å². The fourth-order valence-electron chi connectivity index (χ4n) is 6.31. The number of esters is 1. The Morgan fingerprint density at radius 2 is 1.74 bits per heavy atom. The summed E-state index contributed by atoms with van der Waals surface area (Å²) in [7, 11) is 1.35. The molecule has 2 fully saturated rings. The number of carbonyl (C=O) groups excluding carboxylic acids is 1. The zero-order chi connectivity index (χ0) is 19.0. The Kier molecular flexibility index (Phi) is 5.57. The van der Waals surface area contributed by atoms with Crippen LogP contribution < -0.4 is 0 Å². The molecule has 3 aliphatic carbocycles. The molecule has 1 aromatic carbocycles. The molecule has 2 nitrogen and oxygen atoms in total. The highest BCUT2D eigenvalue weighted by Crippen LogP contribution is 2.48. The minimum absolute atomic E-state index is 0.213. The molecule has 0 aromatic heterocycles. The molecule has 5 atom stereocenters. The van der Waals surface area contributed by atoms with Crippen LogP contribution in [-0.4, -0.2) is 13.1 Å². The fraction of sp³-hybridized carbons (Fsp3) is 0.708. The van der Waals surface area contributed by atoms with Crippen molar-refractivity contribution in [1.82, 2.24) is 0 Å². The zero-order valence-corrected chi connectivity index (χ0v) is 16.8. The molecule has 0 N–H and O–H groups in total. The third-order valence-electron chi connectivity index (χ3n) is 7.97. The Labute approximate surface area is 162 Å². The number of aryl methyl sites for hydroxylation is 1. The summed E-state index contributed by atoms with van der Waals surface area (Å²) in [5.41, 5.74) is 2.22. The highest BCUT2D eigenvalue weighted by molar-refractivity contribution is 5.89. The second-order valence-corrected chi connectivity index (χ2v) is 9.27. The van der Waals surface area contributed by atoms with E-state index >= 15 is 0 Å². The molecule has 2 saturated carbocycles. The van der Waals surface area contributed by atoms with Crippen molar-refractivity contribution in [3.05, 3.63) is 34.6 Å². The van der Waals surface area contributed by atoms with E-state index < -0.39 is 5.97 Å². The Balaban J connectivity index is 1.44. The molecule has 5 unspecified atom stereocenters. The zero-order valence-electron chi connectivity index (χ0n) is 16.8. The average molecular weight is 373 g/mol. The van der Waals surface area contributed by atoms with Crippen molar-refractivity contribution in [3.8, 4) is 0 Å². The molecule has 148 valence electrons. The van der Waals surface area contributed by atoms with Crippen molar-refractivity contribution in [2.24, 2.45) is 29.6 Å². The molecule has 0 bridgehead atoms. The van der Waals surface area contributed by atoms with E-state index in [4.69, 9.17) is 4.74 Å². The second kappa shape index (κ2) is 7.93. The Hall–Kier alpha value is -1.38. The topological polar surface area (TPSA) is 26.3 Å². The molecule has 1 aromatic rings. The molecule has 0 heterocycles. The summed E-state index contributed by atoms with van der Waals surface area (Å²) in [6.07, 6.45) is 12.6. The Morgan fingerprint density at radius 1 is 1.04 bits per heavy atom. The molecule has 3 heteroatoms. The van der Waals surface area contributed by atoms with Crippen LogP contribution in [0.15, 0.2) is 12.1 Å². The minimum atomic E-state index is -0.445. The smallest absolute Gasteiger partial charge is 0.337 e. The molecule has 0 aliphatic heterocycles. The van der Waals surface area contributed by atoms with Crippen LogP contribution in [0.2, 0.25) is 0 Å². The molecule has 4 rings (SSSR count). The standard InChI is InChI=1S/C24H33FO2/c1-3-15-4-5-17-11-18(7-6-16(17)10-15)19-8-9-20-12-21(24(26)27-2)14-23(25)22(20)13-19/h12,14-19H,3-11,13H2,1-2H3. The second-order valence-electron chi connectivity index (χ2n) is 9.27. The summed E-state index contributed by atoms with van der Waals surface area (Å²) < 4.78 is 19.5. The molecule has 0 saturated heterocycles. The first-order valence-electron chi connectivity index (χ1n) is 11.0. The lowest BCUT2D eigenvalue weighted by molar-refractivity contribution is 0.0599. The van der Waals surface area contributed by atoms with Crippen molar-refractivity contribution in [3.63, 3.8) is 0 Å². The summed E-state index contributed by atoms with van der Waals surface area (Å²) in [5.74, 6) is 3.55. The lowest BCUT2D eigenvalue weighted by atomic mass is 9.61. The quantitative estimate of drug-likeness (QED) is 0.612. The number of hydrogen-bond acceptors (Lipinski definition) is 2. The van der Waals surface area contributed by atoms with Crippen LogP contribution in [-0.2, 0) is 17.6 Å². The highest BCUT2D eigenvalue weighted by atomic mass is 19.1. The normalized spacial score (nSPS) is 33.1. The first-order valence-corrected chi connectivity index (χ1v) is 11.0. The molecule has 0 radical (unpaired) electrons. The van der Waals surface area contributed by atoms with Crippen LogP contribution in [0.3, 0.4) is 0 Å². The van der Waals surface area contributed by atoms with Gasteiger partial charge in [0.15, 0.2) is 0 Å². The molecule has 0 spiro atoms. The van der Waals surface area contributed by atoms with Crippen molar-refractivity contribution in [2.75, 3.05) is 7.11 Å². The maximum absolute atomic E-state index is 14.7. The molecular weight excluding hydrogens is 339 g/mol. The third kappa shape index (κ3) is 3.79. The summed E-state index contributed by atoms with van der Waals surface area (Å²) in [6.45, 7) is 2.34. The number of benzene rings is 1. The van der Waals surface area contributed by atoms with Crippen molar-refractivity contribution >= 4 is 5.97 Å². The van der Waals surface area contributed by atoms with Crippen molar-refractivity contribution in [1.29, 1.82) is 0 Å². The van der Waals surface area contributed by atoms with Crippen LogP contribution in [0.4, 0.5) is 4.39 Å². The van der Waals surface area contributed by atoms with Crippen molar-refractivity contribution in [2.45, 2.75) is 71.1 Å². The monoisotopic (exact) mass is 372 g/mol. The maximum atomic E-state index is 14.7. The summed E-state index contributed by atoms with van der Waals surface area (Å²) in [6, 6.07) is 3.22. The fourth-order valence-corrected chi connectivity index (χ4v) is 6.31. The van der Waals surface area contributed by atoms with Gasteiger partial charge < -0.3 is 4.74 Å². The number of rotatable bonds is 3. The van der Waals surface area contributed by atoms with Crippen molar-refractivity contribution < 1.29 is 13.9 Å². The van der Waals surface area contributed by atoms with Gasteiger partial charge in [0, 0.05) is 0 Å². The highest BCUT2D eigenvalue weighted by Gasteiger charge is 2.38. The summed E-state index contributed by atoms with van der Waals surface area (Å²) in [5, 5.41) is 0. The van der Waals surface area contributed by atoms with Crippen LogP contribution >= 0.6 is 0 Å².